The van der Waals surface area contributed by atoms with Crippen molar-refractivity contribution in [2.45, 2.75) is 46.6 Å². The van der Waals surface area contributed by atoms with E-state index in [1.165, 1.54) is 0 Å². The standard InChI is InChI=1S/C20H28N2O4/c1-5-25-18-7-14-6-13(4)26-17(14)9-16(18)21-20(24)15-8-19(23)22(11-15)10-12(2)3/h7,9,12-13,15H,5-6,8,10-11H2,1-4H3,(H,21,24)/t13-,15+/m0/s1. The quantitative estimate of drug-likeness (QED) is 0.847. The Bertz CT molecular complexity index is 701. The average molecular weight is 360 g/mol. The van der Waals surface area contributed by atoms with E-state index in [2.05, 4.69) is 19.2 Å². The first kappa shape index (κ1) is 18.5. The monoisotopic (exact) mass is 360 g/mol. The van der Waals surface area contributed by atoms with Crippen LogP contribution in [0.25, 0.3) is 0 Å². The molecule has 2 aliphatic rings. The second-order valence-electron chi connectivity index (χ2n) is 7.60. The van der Waals surface area contributed by atoms with Crippen LogP contribution in [-0.4, -0.2) is 42.5 Å². The number of carbonyl (C=O) groups is 2. The van der Waals surface area contributed by atoms with Crippen LogP contribution in [0.1, 0.15) is 39.7 Å². The summed E-state index contributed by atoms with van der Waals surface area (Å²) < 4.78 is 11.5. The van der Waals surface area contributed by atoms with E-state index < -0.39 is 0 Å². The highest BCUT2D eigenvalue weighted by Gasteiger charge is 2.35. The lowest BCUT2D eigenvalue weighted by molar-refractivity contribution is -0.128. The van der Waals surface area contributed by atoms with Crippen molar-refractivity contribution in [3.8, 4) is 11.5 Å². The number of ether oxygens (including phenoxy) is 2. The SMILES string of the molecule is CCOc1cc2c(cc1NC(=O)[C@@H]1CC(=O)N(CC(C)C)C1)O[C@@H](C)C2. The predicted octanol–water partition coefficient (Wildman–Crippen LogP) is 2.85. The molecule has 2 aliphatic heterocycles. The third-order valence-corrected chi connectivity index (χ3v) is 4.73. The normalized spacial score (nSPS) is 21.7. The van der Waals surface area contributed by atoms with Crippen molar-refractivity contribution >= 4 is 17.5 Å². The molecule has 2 atom stereocenters. The molecular weight excluding hydrogens is 332 g/mol. The molecule has 142 valence electrons. The number of likely N-dealkylation sites (tertiary alicyclic amines) is 1. The van der Waals surface area contributed by atoms with Gasteiger partial charge in [-0.3, -0.25) is 9.59 Å². The van der Waals surface area contributed by atoms with Crippen molar-refractivity contribution in [2.24, 2.45) is 11.8 Å². The molecule has 1 fully saturated rings. The van der Waals surface area contributed by atoms with E-state index >= 15 is 0 Å². The van der Waals surface area contributed by atoms with Gasteiger partial charge in [-0.05, 0) is 25.8 Å². The van der Waals surface area contributed by atoms with E-state index in [4.69, 9.17) is 9.47 Å². The summed E-state index contributed by atoms with van der Waals surface area (Å²) in [5.74, 6) is 1.41. The summed E-state index contributed by atoms with van der Waals surface area (Å²) in [7, 11) is 0. The molecule has 6 nitrogen and oxygen atoms in total. The molecule has 0 bridgehead atoms. The van der Waals surface area contributed by atoms with Crippen molar-refractivity contribution in [3.05, 3.63) is 17.7 Å². The minimum atomic E-state index is -0.330. The zero-order chi connectivity index (χ0) is 18.8. The lowest BCUT2D eigenvalue weighted by atomic mass is 10.1. The zero-order valence-electron chi connectivity index (χ0n) is 16.0. The van der Waals surface area contributed by atoms with Gasteiger partial charge in [-0.25, -0.2) is 0 Å². The molecule has 3 rings (SSSR count). The van der Waals surface area contributed by atoms with Crippen LogP contribution in [0.2, 0.25) is 0 Å². The second kappa shape index (κ2) is 7.56. The Morgan fingerprint density at radius 1 is 1.38 bits per heavy atom. The third-order valence-electron chi connectivity index (χ3n) is 4.73. The summed E-state index contributed by atoms with van der Waals surface area (Å²) >= 11 is 0. The molecule has 1 aromatic carbocycles. The van der Waals surface area contributed by atoms with Crippen molar-refractivity contribution in [1.82, 2.24) is 4.90 Å². The molecule has 0 spiro atoms. The molecule has 0 aromatic heterocycles. The van der Waals surface area contributed by atoms with Crippen LogP contribution in [-0.2, 0) is 16.0 Å². The Balaban J connectivity index is 1.73. The van der Waals surface area contributed by atoms with Gasteiger partial charge in [0.2, 0.25) is 11.8 Å². The van der Waals surface area contributed by atoms with E-state index in [0.717, 1.165) is 17.7 Å². The molecule has 0 radical (unpaired) electrons. The molecule has 2 heterocycles. The number of nitrogens with one attached hydrogen (secondary N) is 1. The first-order valence-electron chi connectivity index (χ1n) is 9.42. The highest BCUT2D eigenvalue weighted by molar-refractivity contribution is 5.98. The minimum Gasteiger partial charge on any atom is -0.492 e. The van der Waals surface area contributed by atoms with E-state index in [-0.39, 0.29) is 30.3 Å². The summed E-state index contributed by atoms with van der Waals surface area (Å²) in [5.41, 5.74) is 1.71. The molecule has 0 unspecified atom stereocenters. The molecule has 0 saturated carbocycles. The van der Waals surface area contributed by atoms with Crippen LogP contribution in [0, 0.1) is 11.8 Å². The zero-order valence-corrected chi connectivity index (χ0v) is 16.0. The van der Waals surface area contributed by atoms with Crippen LogP contribution < -0.4 is 14.8 Å². The van der Waals surface area contributed by atoms with Gasteiger partial charge in [-0.15, -0.1) is 0 Å². The topological polar surface area (TPSA) is 67.9 Å². The molecule has 1 aromatic rings. The van der Waals surface area contributed by atoms with E-state index in [9.17, 15) is 9.59 Å². The fourth-order valence-corrected chi connectivity index (χ4v) is 3.61. The number of hydrogen-bond acceptors (Lipinski definition) is 4. The van der Waals surface area contributed by atoms with E-state index in [1.807, 2.05) is 26.0 Å². The number of carbonyl (C=O) groups excluding carboxylic acids is 2. The Morgan fingerprint density at radius 2 is 2.15 bits per heavy atom. The van der Waals surface area contributed by atoms with Gasteiger partial charge in [0.15, 0.2) is 0 Å². The molecule has 6 heteroatoms. The average Bonchev–Trinajstić information content (AvgIpc) is 3.09. The summed E-state index contributed by atoms with van der Waals surface area (Å²) in [5, 5.41) is 2.95. The third kappa shape index (κ3) is 3.94. The van der Waals surface area contributed by atoms with Crippen LogP contribution in [0.15, 0.2) is 12.1 Å². The van der Waals surface area contributed by atoms with E-state index in [0.29, 0.717) is 37.1 Å². The molecular formula is C20H28N2O4. The number of anilines is 1. The van der Waals surface area contributed by atoms with Crippen LogP contribution >= 0.6 is 0 Å². The van der Waals surface area contributed by atoms with Gasteiger partial charge in [0.25, 0.3) is 0 Å². The number of rotatable bonds is 6. The summed E-state index contributed by atoms with van der Waals surface area (Å²) in [6, 6.07) is 3.78. The molecule has 1 saturated heterocycles. The highest BCUT2D eigenvalue weighted by atomic mass is 16.5. The largest absolute Gasteiger partial charge is 0.492 e. The number of fused-ring (bicyclic) bond motifs is 1. The summed E-state index contributed by atoms with van der Waals surface area (Å²) in [4.78, 5) is 26.6. The lowest BCUT2D eigenvalue weighted by Gasteiger charge is -2.19. The van der Waals surface area contributed by atoms with Gasteiger partial charge in [-0.1, -0.05) is 13.8 Å². The maximum absolute atomic E-state index is 12.7. The van der Waals surface area contributed by atoms with Gasteiger partial charge >= 0.3 is 0 Å². The Hall–Kier alpha value is -2.24. The summed E-state index contributed by atoms with van der Waals surface area (Å²) in [6.07, 6.45) is 1.23. The molecule has 1 N–H and O–H groups in total. The predicted molar refractivity (Wildman–Crippen MR) is 99.6 cm³/mol. The van der Waals surface area contributed by atoms with Gasteiger partial charge < -0.3 is 19.7 Å². The van der Waals surface area contributed by atoms with Gasteiger partial charge in [-0.2, -0.15) is 0 Å². The van der Waals surface area contributed by atoms with Crippen molar-refractivity contribution in [1.29, 1.82) is 0 Å². The Kier molecular flexibility index (Phi) is 5.39. The van der Waals surface area contributed by atoms with Gasteiger partial charge in [0.1, 0.15) is 17.6 Å². The number of amides is 2. The maximum atomic E-state index is 12.7. The Morgan fingerprint density at radius 3 is 2.85 bits per heavy atom. The van der Waals surface area contributed by atoms with Crippen LogP contribution in [0.4, 0.5) is 5.69 Å². The molecule has 26 heavy (non-hydrogen) atoms. The smallest absolute Gasteiger partial charge is 0.229 e. The first-order valence-corrected chi connectivity index (χ1v) is 9.42. The fourth-order valence-electron chi connectivity index (χ4n) is 3.61. The lowest BCUT2D eigenvalue weighted by Crippen LogP contribution is -2.31. The number of benzene rings is 1. The van der Waals surface area contributed by atoms with Crippen molar-refractivity contribution in [2.75, 3.05) is 25.0 Å². The molecule has 2 amide bonds. The second-order valence-corrected chi connectivity index (χ2v) is 7.60. The van der Waals surface area contributed by atoms with Crippen molar-refractivity contribution < 1.29 is 19.1 Å². The van der Waals surface area contributed by atoms with Crippen LogP contribution in [0.5, 0.6) is 11.5 Å². The maximum Gasteiger partial charge on any atom is 0.229 e. The Labute approximate surface area is 154 Å². The number of nitrogens with zero attached hydrogens (tertiary/aromatic N) is 1. The minimum absolute atomic E-state index is 0.0509. The fraction of sp³-hybridized carbons (Fsp3) is 0.600. The van der Waals surface area contributed by atoms with E-state index in [1.54, 1.807) is 4.90 Å². The molecule has 0 aliphatic carbocycles. The van der Waals surface area contributed by atoms with Gasteiger partial charge in [0.05, 0.1) is 18.2 Å². The van der Waals surface area contributed by atoms with Crippen molar-refractivity contribution in [3.63, 3.8) is 0 Å². The highest BCUT2D eigenvalue weighted by Crippen LogP contribution is 2.38. The number of hydrogen-bond donors (Lipinski definition) is 1. The van der Waals surface area contributed by atoms with Gasteiger partial charge in [0, 0.05) is 37.6 Å². The summed E-state index contributed by atoms with van der Waals surface area (Å²) in [6.45, 7) is 9.76. The first-order chi connectivity index (χ1) is 12.4. The van der Waals surface area contributed by atoms with Crippen LogP contribution in [0.3, 0.4) is 0 Å².